The molecule has 2 fully saturated rings. The molecular formula is C23H27N5O. The van der Waals surface area contributed by atoms with Gasteiger partial charge in [0, 0.05) is 5.69 Å². The zero-order valence-corrected chi connectivity index (χ0v) is 17.2. The van der Waals surface area contributed by atoms with E-state index in [0.717, 1.165) is 36.0 Å². The van der Waals surface area contributed by atoms with Crippen LogP contribution in [0.5, 0.6) is 0 Å². The molecule has 29 heavy (non-hydrogen) atoms. The maximum atomic E-state index is 13.6. The van der Waals surface area contributed by atoms with Crippen molar-refractivity contribution < 1.29 is 4.79 Å². The fraction of sp³-hybridized carbons (Fsp3) is 0.435. The molecular weight excluding hydrogens is 362 g/mol. The van der Waals surface area contributed by atoms with E-state index in [-0.39, 0.29) is 30.2 Å². The van der Waals surface area contributed by atoms with Crippen LogP contribution in [0.15, 0.2) is 48.5 Å². The summed E-state index contributed by atoms with van der Waals surface area (Å²) in [6, 6.07) is 16.1. The van der Waals surface area contributed by atoms with Gasteiger partial charge in [-0.15, -0.1) is 0 Å². The molecule has 2 aliphatic heterocycles. The van der Waals surface area contributed by atoms with E-state index in [1.165, 1.54) is 5.56 Å². The van der Waals surface area contributed by atoms with Crippen molar-refractivity contribution in [3.8, 4) is 0 Å². The Morgan fingerprint density at radius 3 is 2.17 bits per heavy atom. The van der Waals surface area contributed by atoms with Crippen molar-refractivity contribution in [2.45, 2.75) is 58.4 Å². The minimum atomic E-state index is -0.166. The number of hydrogen-bond donors (Lipinski definition) is 0. The van der Waals surface area contributed by atoms with Gasteiger partial charge in [-0.3, -0.25) is 9.69 Å². The lowest BCUT2D eigenvalue weighted by Gasteiger charge is -2.41. The molecule has 2 aliphatic rings. The normalized spacial score (nSPS) is 25.2. The minimum absolute atomic E-state index is 0.00653. The highest BCUT2D eigenvalue weighted by Gasteiger charge is 2.52. The fourth-order valence-electron chi connectivity index (χ4n) is 4.91. The Bertz CT molecular complexity index is 1010. The number of aromatic nitrogens is 3. The number of rotatable bonds is 3. The van der Waals surface area contributed by atoms with E-state index in [1.807, 2.05) is 34.0 Å². The third-order valence-electron chi connectivity index (χ3n) is 6.23. The first-order valence-electron chi connectivity index (χ1n) is 10.5. The summed E-state index contributed by atoms with van der Waals surface area (Å²) in [5.74, 6) is 0.406. The van der Waals surface area contributed by atoms with Gasteiger partial charge >= 0.3 is 0 Å². The molecule has 3 aromatic rings. The third-order valence-corrected chi connectivity index (χ3v) is 6.23. The highest BCUT2D eigenvalue weighted by Crippen LogP contribution is 2.42. The van der Waals surface area contributed by atoms with Crippen LogP contribution >= 0.6 is 0 Å². The van der Waals surface area contributed by atoms with Crippen molar-refractivity contribution in [1.29, 1.82) is 0 Å². The number of carbonyl (C=O) groups is 1. The Kier molecular flexibility index (Phi) is 4.39. The lowest BCUT2D eigenvalue weighted by atomic mass is 9.99. The SMILES string of the molecule is Cc1ccc(N2C(=O)[C@H](C(C)C)N3C(n4nc5ccccc5n4)CCC[C@@H]23)cc1. The predicted molar refractivity (Wildman–Crippen MR) is 113 cm³/mol. The number of fused-ring (bicyclic) bond motifs is 2. The smallest absolute Gasteiger partial charge is 0.246 e. The maximum absolute atomic E-state index is 13.6. The molecule has 1 amide bonds. The lowest BCUT2D eigenvalue weighted by Crippen LogP contribution is -2.49. The molecule has 3 heterocycles. The average molecular weight is 390 g/mol. The number of benzene rings is 2. The monoisotopic (exact) mass is 389 g/mol. The van der Waals surface area contributed by atoms with E-state index in [4.69, 9.17) is 10.2 Å². The van der Waals surface area contributed by atoms with Gasteiger partial charge < -0.3 is 0 Å². The molecule has 0 spiro atoms. The summed E-state index contributed by atoms with van der Waals surface area (Å²) < 4.78 is 0. The van der Waals surface area contributed by atoms with Gasteiger partial charge in [0.25, 0.3) is 0 Å². The van der Waals surface area contributed by atoms with Crippen molar-refractivity contribution in [3.63, 3.8) is 0 Å². The molecule has 0 saturated carbocycles. The standard InChI is InChI=1S/C23H27N5O/c1-15(2)22-23(29)26(17-13-11-16(3)12-14-17)20-9-6-10-21(27(20)22)28-24-18-7-4-5-8-19(18)25-28/h4-5,7-8,11-15,20-22H,6,9-10H2,1-3H3/t20-,21?,22-/m0/s1. The molecule has 1 unspecified atom stereocenters. The topological polar surface area (TPSA) is 54.3 Å². The van der Waals surface area contributed by atoms with Gasteiger partial charge in [0.2, 0.25) is 5.91 Å². The average Bonchev–Trinajstić information content (AvgIpc) is 3.27. The maximum Gasteiger partial charge on any atom is 0.246 e. The Morgan fingerprint density at radius 1 is 0.931 bits per heavy atom. The van der Waals surface area contributed by atoms with Crippen LogP contribution in [0, 0.1) is 12.8 Å². The molecule has 150 valence electrons. The van der Waals surface area contributed by atoms with E-state index in [1.54, 1.807) is 0 Å². The molecule has 2 saturated heterocycles. The molecule has 0 bridgehead atoms. The highest BCUT2D eigenvalue weighted by atomic mass is 16.2. The van der Waals surface area contributed by atoms with Crippen molar-refractivity contribution in [3.05, 3.63) is 54.1 Å². The first-order valence-corrected chi connectivity index (χ1v) is 10.5. The van der Waals surface area contributed by atoms with Crippen LogP contribution in [-0.4, -0.2) is 38.0 Å². The first-order chi connectivity index (χ1) is 14.0. The summed E-state index contributed by atoms with van der Waals surface area (Å²) in [7, 11) is 0. The summed E-state index contributed by atoms with van der Waals surface area (Å²) in [4.78, 5) is 19.8. The number of nitrogens with zero attached hydrogens (tertiary/aromatic N) is 5. The fourth-order valence-corrected chi connectivity index (χ4v) is 4.91. The Hall–Kier alpha value is -2.73. The molecule has 1 aromatic heterocycles. The van der Waals surface area contributed by atoms with Gasteiger partial charge in [-0.05, 0) is 56.4 Å². The van der Waals surface area contributed by atoms with E-state index >= 15 is 0 Å². The quantitative estimate of drug-likeness (QED) is 0.676. The summed E-state index contributed by atoms with van der Waals surface area (Å²) in [5, 5.41) is 9.52. The molecule has 5 rings (SSSR count). The number of amides is 1. The number of anilines is 1. The van der Waals surface area contributed by atoms with Crippen LogP contribution in [0.1, 0.15) is 44.8 Å². The lowest BCUT2D eigenvalue weighted by molar-refractivity contribution is -0.122. The van der Waals surface area contributed by atoms with E-state index in [0.29, 0.717) is 0 Å². The van der Waals surface area contributed by atoms with Crippen LogP contribution in [0.3, 0.4) is 0 Å². The summed E-state index contributed by atoms with van der Waals surface area (Å²) in [5.41, 5.74) is 3.98. The molecule has 6 heteroatoms. The molecule has 0 aliphatic carbocycles. The largest absolute Gasteiger partial charge is 0.295 e. The molecule has 3 atom stereocenters. The van der Waals surface area contributed by atoms with E-state index in [9.17, 15) is 4.79 Å². The Morgan fingerprint density at radius 2 is 1.55 bits per heavy atom. The van der Waals surface area contributed by atoms with Crippen LogP contribution in [0.2, 0.25) is 0 Å². The summed E-state index contributed by atoms with van der Waals surface area (Å²) in [6.07, 6.45) is 3.01. The van der Waals surface area contributed by atoms with Crippen LogP contribution in [0.4, 0.5) is 5.69 Å². The molecule has 6 nitrogen and oxygen atoms in total. The van der Waals surface area contributed by atoms with Crippen LogP contribution in [0.25, 0.3) is 11.0 Å². The molecule has 0 radical (unpaired) electrons. The number of carbonyl (C=O) groups excluding carboxylic acids is 1. The van der Waals surface area contributed by atoms with Crippen LogP contribution < -0.4 is 4.90 Å². The Labute approximate surface area is 171 Å². The van der Waals surface area contributed by atoms with Gasteiger partial charge in [0.05, 0.1) is 12.2 Å². The van der Waals surface area contributed by atoms with Crippen LogP contribution in [-0.2, 0) is 4.79 Å². The van der Waals surface area contributed by atoms with E-state index in [2.05, 4.69) is 49.9 Å². The second-order valence-corrected chi connectivity index (χ2v) is 8.58. The third kappa shape index (κ3) is 2.94. The van der Waals surface area contributed by atoms with Gasteiger partial charge in [0.1, 0.15) is 17.2 Å². The second kappa shape index (κ2) is 6.95. The van der Waals surface area contributed by atoms with Gasteiger partial charge in [-0.25, -0.2) is 4.90 Å². The van der Waals surface area contributed by atoms with Gasteiger partial charge in [-0.1, -0.05) is 43.7 Å². The number of hydrogen-bond acceptors (Lipinski definition) is 4. The van der Waals surface area contributed by atoms with Gasteiger partial charge in [-0.2, -0.15) is 15.0 Å². The second-order valence-electron chi connectivity index (χ2n) is 8.58. The van der Waals surface area contributed by atoms with E-state index < -0.39 is 0 Å². The zero-order valence-electron chi connectivity index (χ0n) is 17.2. The first kappa shape index (κ1) is 18.3. The van der Waals surface area contributed by atoms with Crippen molar-refractivity contribution in [2.75, 3.05) is 4.90 Å². The number of piperidine rings is 1. The number of aryl methyl sites for hydroxylation is 1. The van der Waals surface area contributed by atoms with Crippen molar-refractivity contribution in [2.24, 2.45) is 5.92 Å². The zero-order chi connectivity index (χ0) is 20.1. The predicted octanol–water partition coefficient (Wildman–Crippen LogP) is 4.12. The van der Waals surface area contributed by atoms with Gasteiger partial charge in [0.15, 0.2) is 0 Å². The molecule has 0 N–H and O–H groups in total. The van der Waals surface area contributed by atoms with Crippen molar-refractivity contribution in [1.82, 2.24) is 19.9 Å². The minimum Gasteiger partial charge on any atom is -0.295 e. The van der Waals surface area contributed by atoms with Crippen molar-refractivity contribution >= 4 is 22.6 Å². The highest BCUT2D eigenvalue weighted by molar-refractivity contribution is 6.00. The molecule has 2 aromatic carbocycles. The Balaban J connectivity index is 1.58. The summed E-state index contributed by atoms with van der Waals surface area (Å²) in [6.45, 7) is 6.34. The summed E-state index contributed by atoms with van der Waals surface area (Å²) >= 11 is 0.